The smallest absolute Gasteiger partial charge is 0.0483 e. The summed E-state index contributed by atoms with van der Waals surface area (Å²) in [6.45, 7) is 6.55. The molecule has 1 N–H and O–H groups in total. The SMILES string of the molecule is Cc1c(CNCC(C)N(C)C2CC2)n(C)c2ccccc12. The number of aromatic nitrogens is 1. The summed E-state index contributed by atoms with van der Waals surface area (Å²) in [4.78, 5) is 2.52. The third kappa shape index (κ3) is 2.85. The van der Waals surface area contributed by atoms with E-state index in [9.17, 15) is 0 Å². The number of nitrogens with zero attached hydrogens (tertiary/aromatic N) is 2. The first-order chi connectivity index (χ1) is 10.1. The Morgan fingerprint density at radius 1 is 1.33 bits per heavy atom. The molecule has 0 saturated heterocycles. The van der Waals surface area contributed by atoms with Crippen LogP contribution >= 0.6 is 0 Å². The van der Waals surface area contributed by atoms with Gasteiger partial charge >= 0.3 is 0 Å². The molecule has 0 radical (unpaired) electrons. The quantitative estimate of drug-likeness (QED) is 0.880. The van der Waals surface area contributed by atoms with E-state index in [-0.39, 0.29) is 0 Å². The lowest BCUT2D eigenvalue weighted by molar-refractivity contribution is 0.240. The third-order valence-corrected chi connectivity index (χ3v) is 5.06. The van der Waals surface area contributed by atoms with Crippen LogP contribution in [0.1, 0.15) is 31.0 Å². The van der Waals surface area contributed by atoms with E-state index in [1.807, 2.05) is 0 Å². The van der Waals surface area contributed by atoms with Gasteiger partial charge in [-0.1, -0.05) is 18.2 Å². The molecule has 0 aliphatic heterocycles. The minimum Gasteiger partial charge on any atom is -0.346 e. The Hall–Kier alpha value is -1.32. The van der Waals surface area contributed by atoms with Gasteiger partial charge in [-0.2, -0.15) is 0 Å². The molecular weight excluding hydrogens is 258 g/mol. The number of rotatable bonds is 6. The lowest BCUT2D eigenvalue weighted by atomic mass is 10.1. The van der Waals surface area contributed by atoms with Crippen LogP contribution < -0.4 is 5.32 Å². The zero-order valence-corrected chi connectivity index (χ0v) is 13.7. The van der Waals surface area contributed by atoms with Crippen LogP contribution in [0.25, 0.3) is 10.9 Å². The van der Waals surface area contributed by atoms with E-state index in [0.29, 0.717) is 6.04 Å². The monoisotopic (exact) mass is 285 g/mol. The molecule has 3 heteroatoms. The van der Waals surface area contributed by atoms with Gasteiger partial charge in [0.05, 0.1) is 0 Å². The number of likely N-dealkylation sites (N-methyl/N-ethyl adjacent to an activating group) is 1. The Morgan fingerprint density at radius 3 is 2.71 bits per heavy atom. The highest BCUT2D eigenvalue weighted by molar-refractivity contribution is 5.85. The molecule has 1 aliphatic carbocycles. The largest absolute Gasteiger partial charge is 0.346 e. The zero-order valence-electron chi connectivity index (χ0n) is 13.7. The molecular formula is C18H27N3. The topological polar surface area (TPSA) is 20.2 Å². The molecule has 1 fully saturated rings. The van der Waals surface area contributed by atoms with E-state index in [1.165, 1.54) is 35.0 Å². The first-order valence-electron chi connectivity index (χ1n) is 8.05. The summed E-state index contributed by atoms with van der Waals surface area (Å²) in [5.41, 5.74) is 4.14. The van der Waals surface area contributed by atoms with Crippen molar-refractivity contribution in [2.24, 2.45) is 7.05 Å². The van der Waals surface area contributed by atoms with E-state index >= 15 is 0 Å². The van der Waals surface area contributed by atoms with Crippen molar-refractivity contribution >= 4 is 10.9 Å². The van der Waals surface area contributed by atoms with E-state index in [1.54, 1.807) is 0 Å². The van der Waals surface area contributed by atoms with E-state index in [0.717, 1.165) is 19.1 Å². The predicted molar refractivity (Wildman–Crippen MR) is 89.6 cm³/mol. The molecule has 1 aromatic carbocycles. The minimum atomic E-state index is 0.604. The Morgan fingerprint density at radius 2 is 2.05 bits per heavy atom. The standard InChI is InChI=1S/C18H27N3/c1-13(20(3)15-9-10-15)11-19-12-18-14(2)16-7-5-6-8-17(16)21(18)4/h5-8,13,15,19H,9-12H2,1-4H3. The van der Waals surface area contributed by atoms with Crippen LogP contribution in [0.5, 0.6) is 0 Å². The fraction of sp³-hybridized carbons (Fsp3) is 0.556. The van der Waals surface area contributed by atoms with Crippen LogP contribution in [0.15, 0.2) is 24.3 Å². The molecule has 0 amide bonds. The van der Waals surface area contributed by atoms with Crippen molar-refractivity contribution in [1.29, 1.82) is 0 Å². The van der Waals surface area contributed by atoms with Gasteiger partial charge in [0.1, 0.15) is 0 Å². The van der Waals surface area contributed by atoms with Crippen molar-refractivity contribution in [3.63, 3.8) is 0 Å². The summed E-state index contributed by atoms with van der Waals surface area (Å²) in [7, 11) is 4.43. The fourth-order valence-electron chi connectivity index (χ4n) is 3.27. The highest BCUT2D eigenvalue weighted by atomic mass is 15.2. The highest BCUT2D eigenvalue weighted by Gasteiger charge is 2.28. The molecule has 0 spiro atoms. The van der Waals surface area contributed by atoms with Gasteiger partial charge in [-0.3, -0.25) is 4.90 Å². The first kappa shape index (κ1) is 14.6. The normalized spacial score (nSPS) is 16.8. The maximum atomic E-state index is 3.65. The van der Waals surface area contributed by atoms with Gasteiger partial charge in [-0.05, 0) is 45.4 Å². The van der Waals surface area contributed by atoms with Crippen LogP contribution in [0.2, 0.25) is 0 Å². The van der Waals surface area contributed by atoms with Crippen molar-refractivity contribution < 1.29 is 0 Å². The molecule has 0 bridgehead atoms. The maximum absolute atomic E-state index is 3.65. The highest BCUT2D eigenvalue weighted by Crippen LogP contribution is 2.27. The Bertz CT molecular complexity index is 586. The van der Waals surface area contributed by atoms with Crippen LogP contribution in [0.4, 0.5) is 0 Å². The summed E-state index contributed by atoms with van der Waals surface area (Å²) < 4.78 is 2.33. The van der Waals surface area contributed by atoms with Crippen molar-refractivity contribution in [1.82, 2.24) is 14.8 Å². The molecule has 3 rings (SSSR count). The van der Waals surface area contributed by atoms with E-state index < -0.39 is 0 Å². The summed E-state index contributed by atoms with van der Waals surface area (Å²) >= 11 is 0. The van der Waals surface area contributed by atoms with Gasteiger partial charge in [0.2, 0.25) is 0 Å². The molecule has 1 unspecified atom stereocenters. The van der Waals surface area contributed by atoms with Crippen molar-refractivity contribution in [3.05, 3.63) is 35.5 Å². The number of para-hydroxylation sites is 1. The third-order valence-electron chi connectivity index (χ3n) is 5.06. The summed E-state index contributed by atoms with van der Waals surface area (Å²) in [5, 5.41) is 5.02. The molecule has 3 nitrogen and oxygen atoms in total. The van der Waals surface area contributed by atoms with Gasteiger partial charge in [-0.15, -0.1) is 0 Å². The van der Waals surface area contributed by atoms with Gasteiger partial charge in [0.25, 0.3) is 0 Å². The molecule has 1 saturated carbocycles. The Kier molecular flexibility index (Phi) is 4.05. The summed E-state index contributed by atoms with van der Waals surface area (Å²) in [6.07, 6.45) is 2.76. The number of fused-ring (bicyclic) bond motifs is 1. The van der Waals surface area contributed by atoms with E-state index in [2.05, 4.69) is 67.0 Å². The van der Waals surface area contributed by atoms with Crippen LogP contribution in [0, 0.1) is 6.92 Å². The molecule has 114 valence electrons. The lowest BCUT2D eigenvalue weighted by Crippen LogP contribution is -2.39. The molecule has 21 heavy (non-hydrogen) atoms. The van der Waals surface area contributed by atoms with Gasteiger partial charge in [-0.25, -0.2) is 0 Å². The minimum absolute atomic E-state index is 0.604. The van der Waals surface area contributed by atoms with Crippen LogP contribution in [-0.4, -0.2) is 35.1 Å². The first-order valence-corrected chi connectivity index (χ1v) is 8.05. The van der Waals surface area contributed by atoms with Gasteiger partial charge in [0, 0.05) is 48.8 Å². The van der Waals surface area contributed by atoms with Crippen LogP contribution in [-0.2, 0) is 13.6 Å². The zero-order chi connectivity index (χ0) is 15.0. The molecule has 1 aliphatic rings. The van der Waals surface area contributed by atoms with Crippen molar-refractivity contribution in [2.75, 3.05) is 13.6 Å². The Balaban J connectivity index is 1.65. The molecule has 1 heterocycles. The summed E-state index contributed by atoms with van der Waals surface area (Å²) in [6, 6.07) is 10.1. The average Bonchev–Trinajstić information content (AvgIpc) is 3.31. The number of hydrogen-bond donors (Lipinski definition) is 1. The molecule has 1 atom stereocenters. The lowest BCUT2D eigenvalue weighted by Gasteiger charge is -2.24. The Labute approximate surface area is 127 Å². The fourth-order valence-corrected chi connectivity index (χ4v) is 3.27. The second kappa shape index (κ2) is 5.82. The number of nitrogens with one attached hydrogen (secondary N) is 1. The second-order valence-electron chi connectivity index (χ2n) is 6.52. The van der Waals surface area contributed by atoms with Crippen molar-refractivity contribution in [3.8, 4) is 0 Å². The average molecular weight is 285 g/mol. The van der Waals surface area contributed by atoms with E-state index in [4.69, 9.17) is 0 Å². The molecule has 1 aromatic heterocycles. The van der Waals surface area contributed by atoms with Crippen LogP contribution in [0.3, 0.4) is 0 Å². The van der Waals surface area contributed by atoms with Gasteiger partial charge in [0.15, 0.2) is 0 Å². The summed E-state index contributed by atoms with van der Waals surface area (Å²) in [5.74, 6) is 0. The van der Waals surface area contributed by atoms with Crippen molar-refractivity contribution in [2.45, 2.75) is 45.3 Å². The number of hydrogen-bond acceptors (Lipinski definition) is 2. The number of benzene rings is 1. The van der Waals surface area contributed by atoms with Gasteiger partial charge < -0.3 is 9.88 Å². The molecule has 2 aromatic rings. The second-order valence-corrected chi connectivity index (χ2v) is 6.52. The maximum Gasteiger partial charge on any atom is 0.0483 e. The predicted octanol–water partition coefficient (Wildman–Crippen LogP) is 3.06. The number of aryl methyl sites for hydroxylation is 2.